The fourth-order valence-electron chi connectivity index (χ4n) is 2.81. The Labute approximate surface area is 161 Å². The summed E-state index contributed by atoms with van der Waals surface area (Å²) >= 11 is 0. The zero-order valence-corrected chi connectivity index (χ0v) is 15.6. The van der Waals surface area contributed by atoms with E-state index >= 15 is 0 Å². The lowest BCUT2D eigenvalue weighted by molar-refractivity contribution is -0.128. The fraction of sp³-hybridized carbons (Fsp3) is 0.136. The van der Waals surface area contributed by atoms with Crippen molar-refractivity contribution in [1.29, 1.82) is 0 Å². The summed E-state index contributed by atoms with van der Waals surface area (Å²) in [6.45, 7) is 3.06. The Kier molecular flexibility index (Phi) is 5.40. The Bertz CT molecular complexity index is 1140. The molecule has 6 nitrogen and oxygen atoms in total. The normalized spacial score (nSPS) is 11.0. The zero-order chi connectivity index (χ0) is 20.3. The second kappa shape index (κ2) is 7.92. The van der Waals surface area contributed by atoms with Gasteiger partial charge in [0.15, 0.2) is 11.4 Å². The zero-order valence-electron chi connectivity index (χ0n) is 15.6. The summed E-state index contributed by atoms with van der Waals surface area (Å²) < 4.78 is 15.6. The molecule has 28 heavy (non-hydrogen) atoms. The van der Waals surface area contributed by atoms with Gasteiger partial charge in [0.25, 0.3) is 0 Å². The molecule has 0 saturated heterocycles. The number of carbonyl (C=O) groups excluding carboxylic acids is 2. The number of hydrogen-bond donors (Lipinski definition) is 0. The van der Waals surface area contributed by atoms with Crippen LogP contribution >= 0.6 is 0 Å². The first-order valence-electron chi connectivity index (χ1n) is 8.51. The van der Waals surface area contributed by atoms with Crippen LogP contribution in [0, 0.1) is 6.92 Å². The van der Waals surface area contributed by atoms with Gasteiger partial charge in [-0.25, -0.2) is 9.59 Å². The van der Waals surface area contributed by atoms with E-state index in [1.165, 1.54) is 25.1 Å². The molecular formula is C22H18O6. The maximum atomic E-state index is 12.2. The smallest absolute Gasteiger partial charge is 0.336 e. The SMILES string of the molecule is COc1ccc(/C=C/C(=O)Oc2ccc3c(C)cc(=O)oc3c2C(C)=O)cc1. The summed E-state index contributed by atoms with van der Waals surface area (Å²) in [5.74, 6) is -0.286. The highest BCUT2D eigenvalue weighted by atomic mass is 16.5. The van der Waals surface area contributed by atoms with E-state index < -0.39 is 11.6 Å². The van der Waals surface area contributed by atoms with Crippen molar-refractivity contribution in [3.63, 3.8) is 0 Å². The van der Waals surface area contributed by atoms with Gasteiger partial charge in [-0.2, -0.15) is 0 Å². The Morgan fingerprint density at radius 3 is 2.43 bits per heavy atom. The summed E-state index contributed by atoms with van der Waals surface area (Å²) in [6, 6.07) is 11.6. The van der Waals surface area contributed by atoms with Crippen LogP contribution in [0.4, 0.5) is 0 Å². The highest BCUT2D eigenvalue weighted by Crippen LogP contribution is 2.29. The molecule has 0 unspecified atom stereocenters. The van der Waals surface area contributed by atoms with Crippen LogP contribution < -0.4 is 15.1 Å². The van der Waals surface area contributed by atoms with Gasteiger partial charge < -0.3 is 13.9 Å². The maximum absolute atomic E-state index is 12.2. The van der Waals surface area contributed by atoms with Gasteiger partial charge in [-0.05, 0) is 55.3 Å². The van der Waals surface area contributed by atoms with Gasteiger partial charge in [0.1, 0.15) is 17.1 Å². The average Bonchev–Trinajstić information content (AvgIpc) is 2.66. The van der Waals surface area contributed by atoms with Crippen molar-refractivity contribution in [2.24, 2.45) is 0 Å². The number of ketones is 1. The first kappa shape index (κ1) is 19.1. The predicted octanol–water partition coefficient (Wildman–Crippen LogP) is 3.93. The molecule has 0 radical (unpaired) electrons. The number of carbonyl (C=O) groups is 2. The van der Waals surface area contributed by atoms with Crippen molar-refractivity contribution >= 4 is 28.8 Å². The Morgan fingerprint density at radius 1 is 1.07 bits per heavy atom. The van der Waals surface area contributed by atoms with E-state index in [4.69, 9.17) is 13.9 Å². The van der Waals surface area contributed by atoms with Crippen molar-refractivity contribution in [2.45, 2.75) is 13.8 Å². The maximum Gasteiger partial charge on any atom is 0.336 e. The van der Waals surface area contributed by atoms with Gasteiger partial charge in [-0.1, -0.05) is 12.1 Å². The van der Waals surface area contributed by atoms with Crippen molar-refractivity contribution in [2.75, 3.05) is 7.11 Å². The minimum absolute atomic E-state index is 0.0399. The number of rotatable bonds is 5. The van der Waals surface area contributed by atoms with Crippen LogP contribution in [-0.2, 0) is 4.79 Å². The molecule has 0 spiro atoms. The molecule has 0 atom stereocenters. The molecule has 0 amide bonds. The summed E-state index contributed by atoms with van der Waals surface area (Å²) in [7, 11) is 1.57. The van der Waals surface area contributed by atoms with E-state index in [0.717, 1.165) is 5.56 Å². The van der Waals surface area contributed by atoms with Crippen molar-refractivity contribution in [3.05, 3.63) is 75.7 Å². The molecule has 1 aromatic heterocycles. The lowest BCUT2D eigenvalue weighted by Crippen LogP contribution is -2.09. The number of aryl methyl sites for hydroxylation is 1. The third-order valence-corrected chi connectivity index (χ3v) is 4.17. The molecular weight excluding hydrogens is 360 g/mol. The van der Waals surface area contributed by atoms with Crippen LogP contribution in [0.25, 0.3) is 17.0 Å². The molecule has 2 aromatic carbocycles. The molecule has 0 N–H and O–H groups in total. The molecule has 3 rings (SSSR count). The molecule has 0 aliphatic carbocycles. The predicted molar refractivity (Wildman–Crippen MR) is 105 cm³/mol. The highest BCUT2D eigenvalue weighted by molar-refractivity contribution is 6.08. The molecule has 142 valence electrons. The fourth-order valence-corrected chi connectivity index (χ4v) is 2.81. The number of Topliss-reactive ketones (excluding diaryl/α,β-unsaturated/α-hetero) is 1. The van der Waals surface area contributed by atoms with Crippen LogP contribution in [-0.4, -0.2) is 18.9 Å². The van der Waals surface area contributed by atoms with E-state index in [-0.39, 0.29) is 22.7 Å². The third kappa shape index (κ3) is 4.01. The lowest BCUT2D eigenvalue weighted by atomic mass is 10.0. The molecule has 1 heterocycles. The summed E-state index contributed by atoms with van der Waals surface area (Å²) in [4.78, 5) is 36.1. The van der Waals surface area contributed by atoms with E-state index in [0.29, 0.717) is 16.7 Å². The van der Waals surface area contributed by atoms with Gasteiger partial charge in [0.2, 0.25) is 0 Å². The van der Waals surface area contributed by atoms with Gasteiger partial charge in [0.05, 0.1) is 7.11 Å². The molecule has 0 fully saturated rings. The summed E-state index contributed by atoms with van der Waals surface area (Å²) in [6.07, 6.45) is 2.84. The number of fused-ring (bicyclic) bond motifs is 1. The van der Waals surface area contributed by atoms with Gasteiger partial charge in [-0.15, -0.1) is 0 Å². The monoisotopic (exact) mass is 378 g/mol. The van der Waals surface area contributed by atoms with Crippen molar-refractivity contribution in [1.82, 2.24) is 0 Å². The van der Waals surface area contributed by atoms with Crippen LogP contribution in [0.2, 0.25) is 0 Å². The van der Waals surface area contributed by atoms with E-state index in [1.54, 1.807) is 50.4 Å². The largest absolute Gasteiger partial charge is 0.497 e. The van der Waals surface area contributed by atoms with E-state index in [1.807, 2.05) is 0 Å². The highest BCUT2D eigenvalue weighted by Gasteiger charge is 2.18. The minimum Gasteiger partial charge on any atom is -0.497 e. The lowest BCUT2D eigenvalue weighted by Gasteiger charge is -2.10. The second-order valence-corrected chi connectivity index (χ2v) is 6.15. The first-order chi connectivity index (χ1) is 13.4. The molecule has 0 aliphatic heterocycles. The van der Waals surface area contributed by atoms with E-state index in [2.05, 4.69) is 0 Å². The van der Waals surface area contributed by atoms with Crippen LogP contribution in [0.3, 0.4) is 0 Å². The van der Waals surface area contributed by atoms with Crippen molar-refractivity contribution in [3.8, 4) is 11.5 Å². The van der Waals surface area contributed by atoms with E-state index in [9.17, 15) is 14.4 Å². The van der Waals surface area contributed by atoms with Gasteiger partial charge in [-0.3, -0.25) is 4.79 Å². The first-order valence-corrected chi connectivity index (χ1v) is 8.51. The number of esters is 1. The standard InChI is InChI=1S/C22H18O6/c1-13-12-20(25)28-22-17(13)9-10-18(21(22)14(2)23)27-19(24)11-6-15-4-7-16(26-3)8-5-15/h4-12H,1-3H3/b11-6+. The second-order valence-electron chi connectivity index (χ2n) is 6.15. The van der Waals surface area contributed by atoms with Crippen LogP contribution in [0.15, 0.2) is 57.8 Å². The van der Waals surface area contributed by atoms with Crippen LogP contribution in [0.1, 0.15) is 28.4 Å². The summed E-state index contributed by atoms with van der Waals surface area (Å²) in [5.41, 5.74) is 1.05. The number of benzene rings is 2. The molecule has 6 heteroatoms. The van der Waals surface area contributed by atoms with Crippen LogP contribution in [0.5, 0.6) is 11.5 Å². The molecule has 0 bridgehead atoms. The van der Waals surface area contributed by atoms with Gasteiger partial charge >= 0.3 is 11.6 Å². The Balaban J connectivity index is 1.91. The quantitative estimate of drug-likeness (QED) is 0.220. The minimum atomic E-state index is -0.660. The third-order valence-electron chi connectivity index (χ3n) is 4.17. The molecule has 0 aliphatic rings. The average molecular weight is 378 g/mol. The number of ether oxygens (including phenoxy) is 2. The Hall–Kier alpha value is -3.67. The van der Waals surface area contributed by atoms with Gasteiger partial charge in [0, 0.05) is 17.5 Å². The number of hydrogen-bond acceptors (Lipinski definition) is 6. The van der Waals surface area contributed by atoms with Crippen molar-refractivity contribution < 1.29 is 23.5 Å². The topological polar surface area (TPSA) is 82.8 Å². The summed E-state index contributed by atoms with van der Waals surface area (Å²) in [5, 5.41) is 0.610. The number of methoxy groups -OCH3 is 1. The Morgan fingerprint density at radius 2 is 1.79 bits per heavy atom. The molecule has 0 saturated carbocycles. The molecule has 3 aromatic rings.